The molecule has 26 heavy (non-hydrogen) atoms. The number of carbonyl (C=O) groups excluding carboxylic acids is 1. The number of esters is 1. The molecule has 0 heterocycles. The van der Waals surface area contributed by atoms with Gasteiger partial charge in [-0.2, -0.15) is 0 Å². The summed E-state index contributed by atoms with van der Waals surface area (Å²) >= 11 is 1.87. The minimum Gasteiger partial charge on any atom is -0.479 e. The van der Waals surface area contributed by atoms with Crippen LogP contribution in [0.25, 0.3) is 11.1 Å². The first-order valence-corrected chi connectivity index (χ1v) is 9.77. The summed E-state index contributed by atoms with van der Waals surface area (Å²) in [4.78, 5) is 23.9. The third-order valence-electron chi connectivity index (χ3n) is 3.96. The number of unbranched alkanes of at least 4 members (excludes halogenated alkanes) is 2. The molecule has 2 aromatic rings. The first kappa shape index (κ1) is 20.0. The summed E-state index contributed by atoms with van der Waals surface area (Å²) in [7, 11) is 0. The Kier molecular flexibility index (Phi) is 7.73. The van der Waals surface area contributed by atoms with Gasteiger partial charge in [-0.25, -0.2) is 9.59 Å². The summed E-state index contributed by atoms with van der Waals surface area (Å²) < 4.78 is 4.87. The summed E-state index contributed by atoms with van der Waals surface area (Å²) in [6, 6.07) is 15.4. The molecule has 0 aliphatic heterocycles. The van der Waals surface area contributed by atoms with Gasteiger partial charge in [0, 0.05) is 4.90 Å². The van der Waals surface area contributed by atoms with Crippen LogP contribution in [-0.4, -0.2) is 28.9 Å². The Morgan fingerprint density at radius 1 is 1.00 bits per heavy atom. The zero-order valence-electron chi connectivity index (χ0n) is 15.1. The van der Waals surface area contributed by atoms with Crippen LogP contribution in [0.4, 0.5) is 0 Å². The third kappa shape index (κ3) is 5.92. The van der Waals surface area contributed by atoms with Crippen molar-refractivity contribution >= 4 is 23.7 Å². The normalized spacial score (nSPS) is 11.8. The maximum Gasteiger partial charge on any atom is 0.344 e. The Hall–Kier alpha value is -2.27. The minimum atomic E-state index is -1.16. The third-order valence-corrected chi connectivity index (χ3v) is 5.05. The molecule has 0 aromatic heterocycles. The van der Waals surface area contributed by atoms with Crippen LogP contribution in [-0.2, 0) is 9.53 Å². The Morgan fingerprint density at radius 2 is 1.58 bits per heavy atom. The average molecular weight is 372 g/mol. The first-order chi connectivity index (χ1) is 12.5. The lowest BCUT2D eigenvalue weighted by molar-refractivity contribution is -0.146. The lowest BCUT2D eigenvalue weighted by Crippen LogP contribution is -2.23. The smallest absolute Gasteiger partial charge is 0.344 e. The highest BCUT2D eigenvalue weighted by Gasteiger charge is 2.17. The van der Waals surface area contributed by atoms with E-state index in [4.69, 9.17) is 9.84 Å². The molecule has 0 saturated heterocycles. The van der Waals surface area contributed by atoms with Crippen molar-refractivity contribution in [3.05, 3.63) is 54.1 Å². The second-order valence-corrected chi connectivity index (χ2v) is 7.21. The zero-order chi connectivity index (χ0) is 18.9. The molecule has 0 fully saturated rings. The predicted molar refractivity (Wildman–Crippen MR) is 105 cm³/mol. The molecule has 5 heteroatoms. The highest BCUT2D eigenvalue weighted by Crippen LogP contribution is 2.25. The number of hydrogen-bond acceptors (Lipinski definition) is 4. The van der Waals surface area contributed by atoms with E-state index in [0.717, 1.165) is 16.9 Å². The monoisotopic (exact) mass is 372 g/mol. The maximum absolute atomic E-state index is 11.9. The SMILES string of the molecule is CCCCCSc1ccc(-c2ccc(C(=O)O[C@@H](C)C(=O)O)cc2)cc1. The summed E-state index contributed by atoms with van der Waals surface area (Å²) in [5.41, 5.74) is 2.40. The van der Waals surface area contributed by atoms with E-state index in [1.807, 2.05) is 23.9 Å². The van der Waals surface area contributed by atoms with E-state index in [9.17, 15) is 9.59 Å². The molecule has 2 rings (SSSR count). The van der Waals surface area contributed by atoms with Crippen LogP contribution < -0.4 is 0 Å². The Balaban J connectivity index is 1.97. The molecule has 0 aliphatic carbocycles. The maximum atomic E-state index is 11.9. The Morgan fingerprint density at radius 3 is 2.12 bits per heavy atom. The van der Waals surface area contributed by atoms with Crippen molar-refractivity contribution in [1.82, 2.24) is 0 Å². The van der Waals surface area contributed by atoms with Gasteiger partial charge in [0.2, 0.25) is 0 Å². The fraction of sp³-hybridized carbons (Fsp3) is 0.333. The highest BCUT2D eigenvalue weighted by molar-refractivity contribution is 7.99. The van der Waals surface area contributed by atoms with Crippen LogP contribution in [0, 0.1) is 0 Å². The number of benzene rings is 2. The molecule has 2 aromatic carbocycles. The standard InChI is InChI=1S/C21H24O4S/c1-3-4-5-14-26-19-12-10-17(11-13-19)16-6-8-18(9-7-16)21(24)25-15(2)20(22)23/h6-13,15H,3-5,14H2,1-2H3,(H,22,23)/t15-/m0/s1. The number of aliphatic carboxylic acids is 1. The van der Waals surface area contributed by atoms with Gasteiger partial charge in [-0.05, 0) is 54.5 Å². The van der Waals surface area contributed by atoms with Gasteiger partial charge in [-0.15, -0.1) is 11.8 Å². The van der Waals surface area contributed by atoms with Crippen molar-refractivity contribution in [2.75, 3.05) is 5.75 Å². The number of carbonyl (C=O) groups is 2. The zero-order valence-corrected chi connectivity index (χ0v) is 15.9. The molecule has 0 radical (unpaired) electrons. The lowest BCUT2D eigenvalue weighted by atomic mass is 10.0. The number of ether oxygens (including phenoxy) is 1. The molecular weight excluding hydrogens is 348 g/mol. The van der Waals surface area contributed by atoms with E-state index in [2.05, 4.69) is 31.2 Å². The molecule has 1 atom stereocenters. The van der Waals surface area contributed by atoms with Crippen molar-refractivity contribution in [2.45, 2.75) is 44.1 Å². The van der Waals surface area contributed by atoms with Crippen LogP contribution in [0.15, 0.2) is 53.4 Å². The van der Waals surface area contributed by atoms with Crippen LogP contribution in [0.5, 0.6) is 0 Å². The number of carboxylic acids is 1. The van der Waals surface area contributed by atoms with E-state index in [1.54, 1.807) is 12.1 Å². The molecule has 138 valence electrons. The number of hydrogen-bond donors (Lipinski definition) is 1. The van der Waals surface area contributed by atoms with Crippen molar-refractivity contribution in [3.8, 4) is 11.1 Å². The highest BCUT2D eigenvalue weighted by atomic mass is 32.2. The molecule has 1 N–H and O–H groups in total. The summed E-state index contributed by atoms with van der Waals surface area (Å²) in [5, 5.41) is 8.79. The van der Waals surface area contributed by atoms with Crippen LogP contribution in [0.3, 0.4) is 0 Å². The second-order valence-electron chi connectivity index (χ2n) is 6.04. The van der Waals surface area contributed by atoms with Crippen LogP contribution >= 0.6 is 11.8 Å². The lowest BCUT2D eigenvalue weighted by Gasteiger charge is -2.09. The van der Waals surface area contributed by atoms with Gasteiger partial charge in [-0.3, -0.25) is 0 Å². The molecular formula is C21H24O4S. The number of carboxylic acid groups (broad SMARTS) is 1. The average Bonchev–Trinajstić information content (AvgIpc) is 2.65. The molecule has 0 aliphatic rings. The van der Waals surface area contributed by atoms with Gasteiger partial charge in [0.25, 0.3) is 0 Å². The van der Waals surface area contributed by atoms with Gasteiger partial charge < -0.3 is 9.84 Å². The van der Waals surface area contributed by atoms with E-state index >= 15 is 0 Å². The quantitative estimate of drug-likeness (QED) is 0.369. The van der Waals surface area contributed by atoms with E-state index < -0.39 is 18.0 Å². The molecule has 0 unspecified atom stereocenters. The van der Waals surface area contributed by atoms with Gasteiger partial charge in [-0.1, -0.05) is 44.0 Å². The number of rotatable bonds is 9. The molecule has 0 bridgehead atoms. The van der Waals surface area contributed by atoms with E-state index in [0.29, 0.717) is 5.56 Å². The largest absolute Gasteiger partial charge is 0.479 e. The second kappa shape index (κ2) is 10.0. The fourth-order valence-corrected chi connectivity index (χ4v) is 3.28. The molecule has 4 nitrogen and oxygen atoms in total. The molecule has 0 spiro atoms. The van der Waals surface area contributed by atoms with Crippen molar-refractivity contribution in [3.63, 3.8) is 0 Å². The summed E-state index contributed by atoms with van der Waals surface area (Å²) in [6.45, 7) is 3.54. The van der Waals surface area contributed by atoms with Crippen LogP contribution in [0.2, 0.25) is 0 Å². The van der Waals surface area contributed by atoms with Crippen molar-refractivity contribution < 1.29 is 19.4 Å². The summed E-state index contributed by atoms with van der Waals surface area (Å²) in [6.07, 6.45) is 2.58. The van der Waals surface area contributed by atoms with Gasteiger partial charge in [0.1, 0.15) is 0 Å². The van der Waals surface area contributed by atoms with E-state index in [-0.39, 0.29) is 0 Å². The van der Waals surface area contributed by atoms with Crippen molar-refractivity contribution in [1.29, 1.82) is 0 Å². The first-order valence-electron chi connectivity index (χ1n) is 8.78. The minimum absolute atomic E-state index is 0.338. The van der Waals surface area contributed by atoms with Gasteiger partial charge >= 0.3 is 11.9 Å². The predicted octanol–water partition coefficient (Wildman–Crippen LogP) is 5.27. The van der Waals surface area contributed by atoms with E-state index in [1.165, 1.54) is 31.1 Å². The Labute approximate surface area is 158 Å². The van der Waals surface area contributed by atoms with Crippen molar-refractivity contribution in [2.24, 2.45) is 0 Å². The molecule has 0 amide bonds. The molecule has 0 saturated carbocycles. The van der Waals surface area contributed by atoms with Gasteiger partial charge in [0.05, 0.1) is 5.56 Å². The fourth-order valence-electron chi connectivity index (χ4n) is 2.36. The Bertz CT molecular complexity index is 723. The summed E-state index contributed by atoms with van der Waals surface area (Å²) in [5.74, 6) is -0.661. The number of thioether (sulfide) groups is 1. The van der Waals surface area contributed by atoms with Gasteiger partial charge in [0.15, 0.2) is 6.10 Å². The van der Waals surface area contributed by atoms with Crippen LogP contribution in [0.1, 0.15) is 43.5 Å². The topological polar surface area (TPSA) is 63.6 Å².